The number of likely N-dealkylation sites (N-methyl/N-ethyl adjacent to an activating group) is 1. The number of halogens is 1. The van der Waals surface area contributed by atoms with Gasteiger partial charge in [-0.25, -0.2) is 4.98 Å². The summed E-state index contributed by atoms with van der Waals surface area (Å²) in [6, 6.07) is 7.51. The summed E-state index contributed by atoms with van der Waals surface area (Å²) in [7, 11) is 1.85. The first-order valence-electron chi connectivity index (χ1n) is 7.12. The minimum Gasteiger partial charge on any atom is -0.439 e. The van der Waals surface area contributed by atoms with Gasteiger partial charge in [0.1, 0.15) is 0 Å². The number of aromatic nitrogens is 1. The van der Waals surface area contributed by atoms with Gasteiger partial charge in [0.2, 0.25) is 11.8 Å². The molecule has 22 heavy (non-hydrogen) atoms. The maximum Gasteiger partial charge on any atom is 0.234 e. The zero-order chi connectivity index (χ0) is 16.1. The zero-order valence-corrected chi connectivity index (χ0v) is 13.7. The third-order valence-electron chi connectivity index (χ3n) is 2.95. The van der Waals surface area contributed by atoms with Crippen molar-refractivity contribution in [2.75, 3.05) is 13.6 Å². The van der Waals surface area contributed by atoms with Gasteiger partial charge in [-0.3, -0.25) is 9.69 Å². The van der Waals surface area contributed by atoms with E-state index >= 15 is 0 Å². The van der Waals surface area contributed by atoms with Gasteiger partial charge in [-0.05, 0) is 45.2 Å². The fraction of sp³-hybridized carbons (Fsp3) is 0.375. The summed E-state index contributed by atoms with van der Waals surface area (Å²) in [5, 5.41) is 3.53. The monoisotopic (exact) mass is 321 g/mol. The minimum atomic E-state index is -0.0121. The molecule has 1 N–H and O–H groups in total. The Labute approximate surface area is 135 Å². The van der Waals surface area contributed by atoms with E-state index in [0.717, 1.165) is 5.56 Å². The molecule has 5 nitrogen and oxygen atoms in total. The van der Waals surface area contributed by atoms with E-state index in [9.17, 15) is 4.79 Å². The average molecular weight is 322 g/mol. The molecule has 1 aromatic heterocycles. The van der Waals surface area contributed by atoms with E-state index in [2.05, 4.69) is 10.3 Å². The van der Waals surface area contributed by atoms with Gasteiger partial charge < -0.3 is 9.73 Å². The quantitative estimate of drug-likeness (QED) is 0.888. The van der Waals surface area contributed by atoms with Crippen LogP contribution in [0.5, 0.6) is 0 Å². The van der Waals surface area contributed by atoms with Crippen molar-refractivity contribution in [1.82, 2.24) is 15.2 Å². The Morgan fingerprint density at radius 3 is 2.68 bits per heavy atom. The normalized spacial score (nSPS) is 11.2. The minimum absolute atomic E-state index is 0.0121. The van der Waals surface area contributed by atoms with E-state index in [-0.39, 0.29) is 11.9 Å². The number of hydrogen-bond donors (Lipinski definition) is 1. The Bertz CT molecular complexity index is 623. The zero-order valence-electron chi connectivity index (χ0n) is 13.0. The van der Waals surface area contributed by atoms with Crippen molar-refractivity contribution in [2.24, 2.45) is 0 Å². The van der Waals surface area contributed by atoms with Crippen LogP contribution in [-0.2, 0) is 11.3 Å². The van der Waals surface area contributed by atoms with Gasteiger partial charge in [-0.1, -0.05) is 11.6 Å². The summed E-state index contributed by atoms with van der Waals surface area (Å²) in [6.07, 6.45) is 1.68. The Hall–Kier alpha value is -1.85. The molecule has 0 saturated carbocycles. The molecule has 0 atom stereocenters. The van der Waals surface area contributed by atoms with E-state index in [4.69, 9.17) is 16.0 Å². The molecule has 0 fully saturated rings. The van der Waals surface area contributed by atoms with Crippen LogP contribution in [0.3, 0.4) is 0 Å². The highest BCUT2D eigenvalue weighted by Crippen LogP contribution is 2.22. The molecule has 1 amide bonds. The first kappa shape index (κ1) is 16.5. The van der Waals surface area contributed by atoms with Gasteiger partial charge in [0.15, 0.2) is 5.76 Å². The number of oxazole rings is 1. The molecule has 2 rings (SSSR count). The average Bonchev–Trinajstić information content (AvgIpc) is 2.86. The van der Waals surface area contributed by atoms with Crippen LogP contribution in [0, 0.1) is 0 Å². The van der Waals surface area contributed by atoms with Gasteiger partial charge in [0, 0.05) is 16.6 Å². The molecule has 2 aromatic rings. The smallest absolute Gasteiger partial charge is 0.234 e. The van der Waals surface area contributed by atoms with Crippen LogP contribution in [0.4, 0.5) is 0 Å². The van der Waals surface area contributed by atoms with Gasteiger partial charge in [-0.2, -0.15) is 0 Å². The Morgan fingerprint density at radius 1 is 1.36 bits per heavy atom. The van der Waals surface area contributed by atoms with Gasteiger partial charge >= 0.3 is 0 Å². The predicted octanol–water partition coefficient (Wildman–Crippen LogP) is 2.95. The highest BCUT2D eigenvalue weighted by Gasteiger charge is 2.12. The molecule has 118 valence electrons. The lowest BCUT2D eigenvalue weighted by Gasteiger charge is -2.15. The number of amides is 1. The van der Waals surface area contributed by atoms with Crippen LogP contribution in [0.1, 0.15) is 19.7 Å². The standard InChI is InChI=1S/C16H20ClN3O2/c1-11(2)19-15(21)9-20(3)10-16-18-8-14(22-16)12-4-6-13(17)7-5-12/h4-8,11H,9-10H2,1-3H3,(H,19,21). The SMILES string of the molecule is CC(C)NC(=O)CN(C)Cc1ncc(-c2ccc(Cl)cc2)o1. The first-order valence-corrected chi connectivity index (χ1v) is 7.50. The van der Waals surface area contributed by atoms with Crippen LogP contribution < -0.4 is 5.32 Å². The van der Waals surface area contributed by atoms with Gasteiger partial charge in [0.25, 0.3) is 0 Å². The number of carbonyl (C=O) groups excluding carboxylic acids is 1. The predicted molar refractivity (Wildman–Crippen MR) is 86.6 cm³/mol. The molecule has 0 saturated heterocycles. The number of rotatable bonds is 6. The fourth-order valence-electron chi connectivity index (χ4n) is 2.03. The number of carbonyl (C=O) groups is 1. The number of nitrogens with one attached hydrogen (secondary N) is 1. The maximum atomic E-state index is 11.7. The molecular formula is C16H20ClN3O2. The highest BCUT2D eigenvalue weighted by atomic mass is 35.5. The molecule has 0 aliphatic carbocycles. The number of nitrogens with zero attached hydrogens (tertiary/aromatic N) is 2. The van der Waals surface area contributed by atoms with Crippen LogP contribution in [0.25, 0.3) is 11.3 Å². The Kier molecular flexibility index (Phi) is 5.57. The van der Waals surface area contributed by atoms with Crippen molar-refractivity contribution in [3.05, 3.63) is 41.4 Å². The van der Waals surface area contributed by atoms with Gasteiger partial charge in [0.05, 0.1) is 19.3 Å². The summed E-state index contributed by atoms with van der Waals surface area (Å²) in [6.45, 7) is 4.64. The molecule has 0 bridgehead atoms. The van der Waals surface area contributed by atoms with Crippen LogP contribution in [-0.4, -0.2) is 35.4 Å². The Balaban J connectivity index is 1.94. The maximum absolute atomic E-state index is 11.7. The van der Waals surface area contributed by atoms with Crippen molar-refractivity contribution in [3.63, 3.8) is 0 Å². The molecule has 0 radical (unpaired) electrons. The Morgan fingerprint density at radius 2 is 2.05 bits per heavy atom. The summed E-state index contributed by atoms with van der Waals surface area (Å²) in [4.78, 5) is 17.8. The van der Waals surface area contributed by atoms with Crippen molar-refractivity contribution >= 4 is 17.5 Å². The van der Waals surface area contributed by atoms with E-state index in [0.29, 0.717) is 29.8 Å². The summed E-state index contributed by atoms with van der Waals surface area (Å²) in [5.41, 5.74) is 0.920. The van der Waals surface area contributed by atoms with Crippen molar-refractivity contribution in [1.29, 1.82) is 0 Å². The van der Waals surface area contributed by atoms with Crippen LogP contribution in [0.2, 0.25) is 5.02 Å². The summed E-state index contributed by atoms with van der Waals surface area (Å²) >= 11 is 5.87. The van der Waals surface area contributed by atoms with Crippen molar-refractivity contribution < 1.29 is 9.21 Å². The number of benzene rings is 1. The van der Waals surface area contributed by atoms with Crippen molar-refractivity contribution in [2.45, 2.75) is 26.4 Å². The van der Waals surface area contributed by atoms with Crippen LogP contribution in [0.15, 0.2) is 34.9 Å². The van der Waals surface area contributed by atoms with Crippen molar-refractivity contribution in [3.8, 4) is 11.3 Å². The van der Waals surface area contributed by atoms with E-state index in [1.54, 1.807) is 6.20 Å². The largest absolute Gasteiger partial charge is 0.439 e. The van der Waals surface area contributed by atoms with Gasteiger partial charge in [-0.15, -0.1) is 0 Å². The molecule has 0 unspecified atom stereocenters. The third kappa shape index (κ3) is 4.86. The lowest BCUT2D eigenvalue weighted by atomic mass is 10.2. The second-order valence-electron chi connectivity index (χ2n) is 5.52. The number of hydrogen-bond acceptors (Lipinski definition) is 4. The van der Waals surface area contributed by atoms with E-state index < -0.39 is 0 Å². The molecule has 1 aromatic carbocycles. The highest BCUT2D eigenvalue weighted by molar-refractivity contribution is 6.30. The molecule has 0 aliphatic rings. The molecule has 1 heterocycles. The second-order valence-corrected chi connectivity index (χ2v) is 5.96. The first-order chi connectivity index (χ1) is 10.4. The molecule has 0 spiro atoms. The topological polar surface area (TPSA) is 58.4 Å². The van der Waals surface area contributed by atoms with Crippen LogP contribution >= 0.6 is 11.6 Å². The summed E-state index contributed by atoms with van der Waals surface area (Å²) in [5.74, 6) is 1.25. The lowest BCUT2D eigenvalue weighted by molar-refractivity contribution is -0.122. The summed E-state index contributed by atoms with van der Waals surface area (Å²) < 4.78 is 5.72. The van der Waals surface area contributed by atoms with E-state index in [1.165, 1.54) is 0 Å². The third-order valence-corrected chi connectivity index (χ3v) is 3.20. The lowest BCUT2D eigenvalue weighted by Crippen LogP contribution is -2.38. The fourth-order valence-corrected chi connectivity index (χ4v) is 2.16. The molecule has 6 heteroatoms. The molecular weight excluding hydrogens is 302 g/mol. The van der Waals surface area contributed by atoms with E-state index in [1.807, 2.05) is 50.1 Å². The second kappa shape index (κ2) is 7.42. The molecule has 0 aliphatic heterocycles.